The van der Waals surface area contributed by atoms with Gasteiger partial charge in [0.05, 0.1) is 0 Å². The van der Waals surface area contributed by atoms with Crippen molar-refractivity contribution < 1.29 is 0 Å². The summed E-state index contributed by atoms with van der Waals surface area (Å²) < 4.78 is 0. The molecule has 2 saturated carbocycles. The van der Waals surface area contributed by atoms with Crippen molar-refractivity contribution in [1.29, 1.82) is 0 Å². The summed E-state index contributed by atoms with van der Waals surface area (Å²) in [5, 5.41) is 1.26. The van der Waals surface area contributed by atoms with Crippen LogP contribution in [-0.4, -0.2) is 5.33 Å². The molecule has 0 aliphatic heterocycles. The van der Waals surface area contributed by atoms with E-state index in [1.807, 2.05) is 0 Å². The minimum atomic E-state index is 0.769. The number of fused-ring (bicyclic) bond motifs is 2. The van der Waals surface area contributed by atoms with Crippen LogP contribution in [0, 0.1) is 11.3 Å². The Balaban J connectivity index is 2.13. The average Bonchev–Trinajstić information content (AvgIpc) is 2.46. The third kappa shape index (κ3) is 0.849. The second-order valence-electron chi connectivity index (χ2n) is 3.78. The van der Waals surface area contributed by atoms with Gasteiger partial charge in [0.2, 0.25) is 0 Å². The van der Waals surface area contributed by atoms with Crippen molar-refractivity contribution in [3.63, 3.8) is 0 Å². The summed E-state index contributed by atoms with van der Waals surface area (Å²) in [4.78, 5) is 0. The molecule has 0 aromatic carbocycles. The van der Waals surface area contributed by atoms with Crippen LogP contribution >= 0.6 is 15.9 Å². The Hall–Kier alpha value is 0.480. The van der Waals surface area contributed by atoms with Crippen LogP contribution in [-0.2, 0) is 0 Å². The van der Waals surface area contributed by atoms with Gasteiger partial charge < -0.3 is 0 Å². The van der Waals surface area contributed by atoms with Gasteiger partial charge in [0.15, 0.2) is 0 Å². The monoisotopic (exact) mass is 188 g/mol. The number of hydrogen-bond donors (Lipinski definition) is 0. The van der Waals surface area contributed by atoms with Crippen LogP contribution in [0.5, 0.6) is 0 Å². The van der Waals surface area contributed by atoms with Crippen molar-refractivity contribution >= 4 is 15.9 Å². The van der Waals surface area contributed by atoms with Gasteiger partial charge in [-0.3, -0.25) is 0 Å². The molecule has 0 nitrogen and oxygen atoms in total. The smallest absolute Gasteiger partial charge is 0.00880 e. The molecule has 52 valence electrons. The van der Waals surface area contributed by atoms with E-state index in [0.717, 1.165) is 11.3 Å². The molecule has 0 aromatic heterocycles. The van der Waals surface area contributed by atoms with Crippen LogP contribution in [0.3, 0.4) is 0 Å². The first-order valence-corrected chi connectivity index (χ1v) is 5.03. The Bertz CT molecular complexity index is 112. The molecule has 0 amide bonds. The van der Waals surface area contributed by atoms with Crippen LogP contribution in [0.25, 0.3) is 0 Å². The normalized spacial score (nSPS) is 48.3. The van der Waals surface area contributed by atoms with E-state index in [2.05, 4.69) is 15.9 Å². The summed E-state index contributed by atoms with van der Waals surface area (Å²) in [5.74, 6) is 1.11. The first-order chi connectivity index (χ1) is 4.35. The van der Waals surface area contributed by atoms with E-state index in [9.17, 15) is 0 Å². The molecule has 0 radical (unpaired) electrons. The number of hydrogen-bond acceptors (Lipinski definition) is 0. The Morgan fingerprint density at radius 3 is 2.22 bits per heavy atom. The largest absolute Gasteiger partial charge is 0.0922 e. The molecule has 2 bridgehead atoms. The van der Waals surface area contributed by atoms with E-state index in [0.29, 0.717) is 0 Å². The highest BCUT2D eigenvalue weighted by Crippen LogP contribution is 2.54. The molecule has 1 heteroatoms. The molecule has 0 unspecified atom stereocenters. The highest BCUT2D eigenvalue weighted by atomic mass is 79.9. The minimum absolute atomic E-state index is 0.769. The van der Waals surface area contributed by atoms with Crippen LogP contribution in [0.2, 0.25) is 0 Å². The fourth-order valence-corrected chi connectivity index (χ4v) is 3.29. The molecule has 0 spiro atoms. The topological polar surface area (TPSA) is 0 Å². The van der Waals surface area contributed by atoms with Crippen molar-refractivity contribution in [1.82, 2.24) is 0 Å². The van der Waals surface area contributed by atoms with E-state index in [1.165, 1.54) is 37.4 Å². The maximum absolute atomic E-state index is 3.62. The fourth-order valence-electron chi connectivity index (χ4n) is 2.50. The Labute approximate surface area is 65.1 Å². The van der Waals surface area contributed by atoms with Crippen molar-refractivity contribution in [2.75, 3.05) is 5.33 Å². The summed E-state index contributed by atoms with van der Waals surface area (Å²) >= 11 is 3.62. The SMILES string of the molecule is BrCC12CCC(CC1)C2. The van der Waals surface area contributed by atoms with Crippen molar-refractivity contribution in [3.05, 3.63) is 0 Å². The third-order valence-corrected chi connectivity index (χ3v) is 4.36. The average molecular weight is 189 g/mol. The highest BCUT2D eigenvalue weighted by molar-refractivity contribution is 9.09. The molecule has 9 heavy (non-hydrogen) atoms. The molecule has 0 N–H and O–H groups in total. The standard InChI is InChI=1S/C8H13Br/c9-6-8-3-1-7(5-8)2-4-8/h7H,1-6H2. The summed E-state index contributed by atoms with van der Waals surface area (Å²) in [7, 11) is 0. The highest BCUT2D eigenvalue weighted by Gasteiger charge is 2.43. The summed E-state index contributed by atoms with van der Waals surface area (Å²) in [6, 6.07) is 0. The first kappa shape index (κ1) is 6.21. The molecule has 0 heterocycles. The van der Waals surface area contributed by atoms with E-state index in [1.54, 1.807) is 0 Å². The maximum atomic E-state index is 3.62. The summed E-state index contributed by atoms with van der Waals surface area (Å²) in [6.45, 7) is 0. The van der Waals surface area contributed by atoms with Crippen LogP contribution < -0.4 is 0 Å². The Kier molecular flexibility index (Phi) is 1.37. The lowest BCUT2D eigenvalue weighted by Crippen LogP contribution is -2.14. The summed E-state index contributed by atoms with van der Waals surface area (Å²) in [5.41, 5.74) is 0.769. The lowest BCUT2D eigenvalue weighted by molar-refractivity contribution is 0.343. The van der Waals surface area contributed by atoms with Crippen molar-refractivity contribution in [2.24, 2.45) is 11.3 Å². The lowest BCUT2D eigenvalue weighted by Gasteiger charge is -2.22. The van der Waals surface area contributed by atoms with E-state index >= 15 is 0 Å². The predicted molar refractivity (Wildman–Crippen MR) is 42.8 cm³/mol. The fraction of sp³-hybridized carbons (Fsp3) is 1.00. The van der Waals surface area contributed by atoms with Crippen molar-refractivity contribution in [3.8, 4) is 0 Å². The third-order valence-electron chi connectivity index (χ3n) is 3.17. The van der Waals surface area contributed by atoms with Gasteiger partial charge in [-0.25, -0.2) is 0 Å². The predicted octanol–water partition coefficient (Wildman–Crippen LogP) is 2.96. The van der Waals surface area contributed by atoms with E-state index in [4.69, 9.17) is 0 Å². The molecular weight excluding hydrogens is 176 g/mol. The number of alkyl halides is 1. The molecule has 0 saturated heterocycles. The number of halogens is 1. The minimum Gasteiger partial charge on any atom is -0.0922 e. The van der Waals surface area contributed by atoms with Gasteiger partial charge >= 0.3 is 0 Å². The summed E-state index contributed by atoms with van der Waals surface area (Å²) in [6.07, 6.45) is 7.57. The first-order valence-electron chi connectivity index (χ1n) is 3.91. The zero-order chi connectivity index (χ0) is 6.32. The molecule has 2 rings (SSSR count). The maximum Gasteiger partial charge on any atom is 0.00880 e. The number of rotatable bonds is 1. The van der Waals surface area contributed by atoms with E-state index in [-0.39, 0.29) is 0 Å². The Morgan fingerprint density at radius 2 is 2.00 bits per heavy atom. The molecule has 0 atom stereocenters. The van der Waals surface area contributed by atoms with Gasteiger partial charge in [0.1, 0.15) is 0 Å². The molecular formula is C8H13Br. The quantitative estimate of drug-likeness (QED) is 0.556. The second-order valence-corrected chi connectivity index (χ2v) is 4.34. The van der Waals surface area contributed by atoms with Gasteiger partial charge in [-0.05, 0) is 43.4 Å². The molecule has 2 aliphatic rings. The molecule has 2 fully saturated rings. The molecule has 2 aliphatic carbocycles. The Morgan fingerprint density at radius 1 is 1.33 bits per heavy atom. The second kappa shape index (κ2) is 1.98. The molecule has 0 aromatic rings. The van der Waals surface area contributed by atoms with Gasteiger partial charge in [0, 0.05) is 5.33 Å². The van der Waals surface area contributed by atoms with Crippen LogP contribution in [0.1, 0.15) is 32.1 Å². The zero-order valence-corrected chi connectivity index (χ0v) is 7.28. The van der Waals surface area contributed by atoms with Crippen molar-refractivity contribution in [2.45, 2.75) is 32.1 Å². The van der Waals surface area contributed by atoms with Gasteiger partial charge in [0.25, 0.3) is 0 Å². The van der Waals surface area contributed by atoms with Gasteiger partial charge in [-0.2, -0.15) is 0 Å². The van der Waals surface area contributed by atoms with Crippen LogP contribution in [0.15, 0.2) is 0 Å². The van der Waals surface area contributed by atoms with E-state index < -0.39 is 0 Å². The van der Waals surface area contributed by atoms with Gasteiger partial charge in [-0.15, -0.1) is 0 Å². The van der Waals surface area contributed by atoms with Gasteiger partial charge in [-0.1, -0.05) is 15.9 Å². The van der Waals surface area contributed by atoms with Crippen LogP contribution in [0.4, 0.5) is 0 Å². The zero-order valence-electron chi connectivity index (χ0n) is 5.70. The lowest BCUT2D eigenvalue weighted by atomic mass is 9.87.